The fourth-order valence-electron chi connectivity index (χ4n) is 1.65. The molecule has 3 aromatic rings. The maximum absolute atomic E-state index is 9.27. The predicted molar refractivity (Wildman–Crippen MR) is 53.2 cm³/mol. The molecule has 0 bridgehead atoms. The van der Waals surface area contributed by atoms with Gasteiger partial charge in [-0.1, -0.05) is 0 Å². The Kier molecular flexibility index (Phi) is 1.31. The minimum absolute atomic E-state index is 0.0522. The Hall–Kier alpha value is -2.03. The van der Waals surface area contributed by atoms with E-state index in [1.54, 1.807) is 12.3 Å². The quantitative estimate of drug-likeness (QED) is 0.585. The van der Waals surface area contributed by atoms with Crippen LogP contribution in [0.4, 0.5) is 0 Å². The van der Waals surface area contributed by atoms with E-state index in [4.69, 9.17) is 4.42 Å². The Morgan fingerprint density at radius 3 is 3.07 bits per heavy atom. The Labute approximate surface area is 79.6 Å². The van der Waals surface area contributed by atoms with Crippen molar-refractivity contribution >= 4 is 21.9 Å². The third-order valence-corrected chi connectivity index (χ3v) is 2.26. The van der Waals surface area contributed by atoms with E-state index in [1.807, 2.05) is 24.3 Å². The van der Waals surface area contributed by atoms with E-state index in [0.717, 1.165) is 21.9 Å². The molecule has 3 nitrogen and oxygen atoms in total. The lowest BCUT2D eigenvalue weighted by atomic mass is 10.2. The van der Waals surface area contributed by atoms with E-state index in [0.29, 0.717) is 0 Å². The van der Waals surface area contributed by atoms with E-state index >= 15 is 0 Å². The van der Waals surface area contributed by atoms with E-state index in [-0.39, 0.29) is 5.88 Å². The molecule has 0 radical (unpaired) electrons. The van der Waals surface area contributed by atoms with Gasteiger partial charge >= 0.3 is 0 Å². The van der Waals surface area contributed by atoms with Gasteiger partial charge in [0.05, 0.1) is 11.8 Å². The molecule has 0 aliphatic rings. The van der Waals surface area contributed by atoms with Gasteiger partial charge in [0.25, 0.3) is 0 Å². The van der Waals surface area contributed by atoms with E-state index < -0.39 is 0 Å². The zero-order chi connectivity index (χ0) is 9.54. The van der Waals surface area contributed by atoms with Crippen LogP contribution in [-0.2, 0) is 0 Å². The summed E-state index contributed by atoms with van der Waals surface area (Å²) in [6, 6.07) is 9.13. The molecule has 0 saturated carbocycles. The summed E-state index contributed by atoms with van der Waals surface area (Å²) in [4.78, 5) is 4.04. The molecule has 0 aliphatic heterocycles. The van der Waals surface area contributed by atoms with Gasteiger partial charge < -0.3 is 9.52 Å². The van der Waals surface area contributed by atoms with Crippen LogP contribution in [0.3, 0.4) is 0 Å². The zero-order valence-electron chi connectivity index (χ0n) is 7.27. The standard InChI is InChI=1S/C11H7NO2/c13-10-6-7-3-4-9-8(11(7)12-10)2-1-5-14-9/h1-6,13H. The van der Waals surface area contributed by atoms with Crippen LogP contribution < -0.4 is 0 Å². The fraction of sp³-hybridized carbons (Fsp3) is 0. The van der Waals surface area contributed by atoms with Crippen molar-refractivity contribution in [1.29, 1.82) is 0 Å². The lowest BCUT2D eigenvalue weighted by Crippen LogP contribution is -1.73. The highest BCUT2D eigenvalue weighted by atomic mass is 16.3. The minimum Gasteiger partial charge on any atom is -0.493 e. The maximum Gasteiger partial charge on any atom is 0.211 e. The molecule has 0 atom stereocenters. The molecule has 14 heavy (non-hydrogen) atoms. The Morgan fingerprint density at radius 1 is 1.21 bits per heavy atom. The van der Waals surface area contributed by atoms with Crippen molar-refractivity contribution in [2.24, 2.45) is 0 Å². The Bertz CT molecular complexity index is 613. The largest absolute Gasteiger partial charge is 0.493 e. The van der Waals surface area contributed by atoms with Crippen molar-refractivity contribution in [2.75, 3.05) is 0 Å². The molecule has 3 heteroatoms. The first-order chi connectivity index (χ1) is 6.84. The van der Waals surface area contributed by atoms with Gasteiger partial charge in [0.2, 0.25) is 5.88 Å². The fourth-order valence-corrected chi connectivity index (χ4v) is 1.65. The van der Waals surface area contributed by atoms with Gasteiger partial charge in [-0.25, -0.2) is 4.98 Å². The normalized spacial score (nSPS) is 11.1. The molecule has 0 amide bonds. The summed E-state index contributed by atoms with van der Waals surface area (Å²) in [5, 5.41) is 11.1. The van der Waals surface area contributed by atoms with Crippen LogP contribution in [0.2, 0.25) is 0 Å². The van der Waals surface area contributed by atoms with Crippen LogP contribution in [0.25, 0.3) is 21.9 Å². The van der Waals surface area contributed by atoms with Crippen LogP contribution in [0, 0.1) is 0 Å². The highest BCUT2D eigenvalue weighted by molar-refractivity contribution is 6.03. The number of nitrogens with zero attached hydrogens (tertiary/aromatic N) is 1. The van der Waals surface area contributed by atoms with E-state index in [2.05, 4.69) is 4.98 Å². The van der Waals surface area contributed by atoms with Gasteiger partial charge in [0.1, 0.15) is 5.58 Å². The molecular weight excluding hydrogens is 178 g/mol. The number of hydrogen-bond acceptors (Lipinski definition) is 3. The maximum atomic E-state index is 9.27. The first-order valence-electron chi connectivity index (χ1n) is 4.30. The second kappa shape index (κ2) is 2.48. The lowest BCUT2D eigenvalue weighted by molar-refractivity contribution is 0.458. The van der Waals surface area contributed by atoms with Crippen molar-refractivity contribution in [1.82, 2.24) is 4.98 Å². The second-order valence-electron chi connectivity index (χ2n) is 3.14. The minimum atomic E-state index is 0.0522. The van der Waals surface area contributed by atoms with Crippen LogP contribution in [0.15, 0.2) is 41.0 Å². The van der Waals surface area contributed by atoms with Crippen LogP contribution in [0.1, 0.15) is 0 Å². The summed E-state index contributed by atoms with van der Waals surface area (Å²) >= 11 is 0. The molecular formula is C11H7NO2. The predicted octanol–water partition coefficient (Wildman–Crippen LogP) is 2.69. The van der Waals surface area contributed by atoms with Gasteiger partial charge in [0, 0.05) is 16.8 Å². The monoisotopic (exact) mass is 185 g/mol. The summed E-state index contributed by atoms with van der Waals surface area (Å²) in [7, 11) is 0. The number of hydrogen-bond donors (Lipinski definition) is 1. The smallest absolute Gasteiger partial charge is 0.211 e. The molecule has 2 heterocycles. The van der Waals surface area contributed by atoms with E-state index in [1.165, 1.54) is 0 Å². The molecule has 3 rings (SSSR count). The molecule has 0 spiro atoms. The zero-order valence-corrected chi connectivity index (χ0v) is 7.27. The summed E-state index contributed by atoms with van der Waals surface area (Å²) in [6.45, 7) is 0. The summed E-state index contributed by atoms with van der Waals surface area (Å²) in [5.41, 5.74) is 1.56. The summed E-state index contributed by atoms with van der Waals surface area (Å²) in [6.07, 6.45) is 1.62. The number of aromatic hydroxyl groups is 1. The first kappa shape index (κ1) is 7.38. The van der Waals surface area contributed by atoms with Crippen molar-refractivity contribution in [2.45, 2.75) is 0 Å². The third-order valence-electron chi connectivity index (χ3n) is 2.26. The van der Waals surface area contributed by atoms with Crippen molar-refractivity contribution in [3.05, 3.63) is 36.6 Å². The number of rotatable bonds is 0. The van der Waals surface area contributed by atoms with Crippen molar-refractivity contribution in [3.63, 3.8) is 0 Å². The Morgan fingerprint density at radius 2 is 2.14 bits per heavy atom. The van der Waals surface area contributed by atoms with Gasteiger partial charge in [0.15, 0.2) is 0 Å². The first-order valence-corrected chi connectivity index (χ1v) is 4.30. The number of benzene rings is 1. The topological polar surface area (TPSA) is 46.3 Å². The highest BCUT2D eigenvalue weighted by Crippen LogP contribution is 2.27. The summed E-state index contributed by atoms with van der Waals surface area (Å²) < 4.78 is 5.31. The van der Waals surface area contributed by atoms with Gasteiger partial charge in [-0.15, -0.1) is 0 Å². The van der Waals surface area contributed by atoms with Crippen LogP contribution >= 0.6 is 0 Å². The molecule has 0 saturated heterocycles. The molecule has 1 aromatic carbocycles. The van der Waals surface area contributed by atoms with Crippen LogP contribution in [-0.4, -0.2) is 10.1 Å². The summed E-state index contributed by atoms with van der Waals surface area (Å²) in [5.74, 6) is 0.0522. The van der Waals surface area contributed by atoms with Crippen molar-refractivity contribution < 1.29 is 9.52 Å². The molecule has 2 aromatic heterocycles. The van der Waals surface area contributed by atoms with Gasteiger partial charge in [-0.05, 0) is 24.3 Å². The molecule has 1 N–H and O–H groups in total. The van der Waals surface area contributed by atoms with Gasteiger partial charge in [-0.2, -0.15) is 0 Å². The third kappa shape index (κ3) is 0.893. The van der Waals surface area contributed by atoms with E-state index in [9.17, 15) is 5.11 Å². The SMILES string of the molecule is Oc1cc2ccc3occcc3c2n1. The molecule has 0 unspecified atom stereocenters. The van der Waals surface area contributed by atoms with Gasteiger partial charge in [-0.3, -0.25) is 0 Å². The highest BCUT2D eigenvalue weighted by Gasteiger charge is 2.05. The van der Waals surface area contributed by atoms with Crippen molar-refractivity contribution in [3.8, 4) is 5.88 Å². The molecule has 68 valence electrons. The second-order valence-corrected chi connectivity index (χ2v) is 3.14. The number of fused-ring (bicyclic) bond motifs is 3. The lowest BCUT2D eigenvalue weighted by Gasteiger charge is -1.96. The average Bonchev–Trinajstić information content (AvgIpc) is 2.59. The molecule has 0 fully saturated rings. The number of aromatic nitrogens is 1. The van der Waals surface area contributed by atoms with Crippen LogP contribution in [0.5, 0.6) is 5.88 Å². The average molecular weight is 185 g/mol. The Balaban J connectivity index is 2.60. The molecule has 0 aliphatic carbocycles.